The van der Waals surface area contributed by atoms with E-state index >= 15 is 0 Å². The van der Waals surface area contributed by atoms with Crippen molar-refractivity contribution in [2.75, 3.05) is 11.9 Å². The first-order valence-electron chi connectivity index (χ1n) is 4.35. The van der Waals surface area contributed by atoms with E-state index in [0.717, 1.165) is 6.54 Å². The third kappa shape index (κ3) is 1.19. The Morgan fingerprint density at radius 3 is 2.77 bits per heavy atom. The maximum absolute atomic E-state index is 3.62. The van der Waals surface area contributed by atoms with Gasteiger partial charge in [0.25, 0.3) is 0 Å². The van der Waals surface area contributed by atoms with Crippen molar-refractivity contribution in [3.63, 3.8) is 0 Å². The summed E-state index contributed by atoms with van der Waals surface area (Å²) in [5.41, 5.74) is 3.36. The second kappa shape index (κ2) is 2.89. The molecule has 1 spiro atoms. The molecule has 1 aliphatic heterocycles. The minimum absolute atomic E-state index is 0. The lowest BCUT2D eigenvalue weighted by atomic mass is 9.99. The van der Waals surface area contributed by atoms with Gasteiger partial charge in [-0.05, 0) is 30.5 Å². The fraction of sp³-hybridized carbons (Fsp3) is 0.400. The van der Waals surface area contributed by atoms with Crippen molar-refractivity contribution in [2.24, 2.45) is 0 Å². The van der Waals surface area contributed by atoms with Gasteiger partial charge in [0.05, 0.1) is 0 Å². The second-order valence-electron chi connectivity index (χ2n) is 3.80. The summed E-state index contributed by atoms with van der Waals surface area (Å²) in [4.78, 5) is 0. The molecule has 0 unspecified atom stereocenters. The lowest BCUT2D eigenvalue weighted by Gasteiger charge is -2.07. The highest BCUT2D eigenvalue weighted by molar-refractivity contribution is 9.10. The van der Waals surface area contributed by atoms with Gasteiger partial charge in [-0.15, -0.1) is 12.4 Å². The average molecular weight is 261 g/mol. The van der Waals surface area contributed by atoms with Crippen LogP contribution in [0.15, 0.2) is 22.7 Å². The Bertz CT molecular complexity index is 347. The molecule has 1 aliphatic carbocycles. The highest BCUT2D eigenvalue weighted by atomic mass is 79.9. The van der Waals surface area contributed by atoms with Gasteiger partial charge in [0, 0.05) is 22.1 Å². The summed E-state index contributed by atoms with van der Waals surface area (Å²) in [5.74, 6) is 0. The monoisotopic (exact) mass is 259 g/mol. The summed E-state index contributed by atoms with van der Waals surface area (Å²) in [5, 5.41) is 3.46. The molecule has 3 rings (SSSR count). The molecule has 1 heterocycles. The molecule has 1 aromatic carbocycles. The van der Waals surface area contributed by atoms with E-state index in [1.165, 1.54) is 28.6 Å². The maximum atomic E-state index is 3.62. The number of benzene rings is 1. The number of rotatable bonds is 0. The second-order valence-corrected chi connectivity index (χ2v) is 4.65. The van der Waals surface area contributed by atoms with Crippen LogP contribution in [0.3, 0.4) is 0 Å². The van der Waals surface area contributed by atoms with Crippen molar-refractivity contribution >= 4 is 34.0 Å². The number of hydrogen-bond donors (Lipinski definition) is 1. The number of hydrogen-bond acceptors (Lipinski definition) is 1. The number of anilines is 1. The van der Waals surface area contributed by atoms with Gasteiger partial charge in [-0.25, -0.2) is 0 Å². The molecular formula is C10H11BrClN. The Hall–Kier alpha value is -0.210. The van der Waals surface area contributed by atoms with Crippen LogP contribution in [0, 0.1) is 0 Å². The van der Waals surface area contributed by atoms with E-state index in [1.807, 2.05) is 0 Å². The highest BCUT2D eigenvalue weighted by Gasteiger charge is 2.49. The summed E-state index contributed by atoms with van der Waals surface area (Å²) >= 11 is 3.62. The van der Waals surface area contributed by atoms with Crippen LogP contribution in [0.5, 0.6) is 0 Å². The van der Waals surface area contributed by atoms with E-state index in [4.69, 9.17) is 0 Å². The number of fused-ring (bicyclic) bond motifs is 2. The van der Waals surface area contributed by atoms with Crippen LogP contribution in [-0.2, 0) is 5.41 Å². The smallest absolute Gasteiger partial charge is 0.0390 e. The predicted octanol–water partition coefficient (Wildman–Crippen LogP) is 3.33. The van der Waals surface area contributed by atoms with Crippen LogP contribution >= 0.6 is 28.3 Å². The van der Waals surface area contributed by atoms with Gasteiger partial charge in [-0.3, -0.25) is 0 Å². The summed E-state index contributed by atoms with van der Waals surface area (Å²) in [6, 6.07) is 6.41. The summed E-state index contributed by atoms with van der Waals surface area (Å²) < 4.78 is 1.28. The Labute approximate surface area is 92.5 Å². The molecule has 1 nitrogen and oxygen atoms in total. The molecule has 13 heavy (non-hydrogen) atoms. The van der Waals surface area contributed by atoms with Gasteiger partial charge in [-0.1, -0.05) is 22.0 Å². The Kier molecular flexibility index (Phi) is 2.08. The molecule has 1 fully saturated rings. The molecule has 2 aliphatic rings. The molecule has 1 saturated carbocycles. The minimum Gasteiger partial charge on any atom is -0.384 e. The Balaban J connectivity index is 0.000000653. The molecule has 70 valence electrons. The largest absolute Gasteiger partial charge is 0.384 e. The van der Waals surface area contributed by atoms with Crippen LogP contribution in [-0.4, -0.2) is 6.54 Å². The van der Waals surface area contributed by atoms with Crippen molar-refractivity contribution in [2.45, 2.75) is 18.3 Å². The van der Waals surface area contributed by atoms with Crippen molar-refractivity contribution in [1.29, 1.82) is 0 Å². The predicted molar refractivity (Wildman–Crippen MR) is 60.8 cm³/mol. The third-order valence-electron chi connectivity index (χ3n) is 3.01. The van der Waals surface area contributed by atoms with Crippen molar-refractivity contribution in [3.05, 3.63) is 28.2 Å². The minimum atomic E-state index is 0. The van der Waals surface area contributed by atoms with Gasteiger partial charge in [0.15, 0.2) is 0 Å². The van der Waals surface area contributed by atoms with Gasteiger partial charge in [-0.2, -0.15) is 0 Å². The maximum Gasteiger partial charge on any atom is 0.0390 e. The molecule has 0 saturated heterocycles. The van der Waals surface area contributed by atoms with Crippen LogP contribution in [0.2, 0.25) is 0 Å². The summed E-state index contributed by atoms with van der Waals surface area (Å²) in [6.07, 6.45) is 2.71. The molecule has 0 atom stereocenters. The van der Waals surface area contributed by atoms with Crippen molar-refractivity contribution in [3.8, 4) is 0 Å². The van der Waals surface area contributed by atoms with Crippen LogP contribution in [0.4, 0.5) is 5.69 Å². The lowest BCUT2D eigenvalue weighted by Crippen LogP contribution is -2.08. The fourth-order valence-electron chi connectivity index (χ4n) is 2.14. The topological polar surface area (TPSA) is 12.0 Å². The molecule has 0 radical (unpaired) electrons. The SMILES string of the molecule is Brc1cccc2c1C1(CC1)CN2.Cl. The molecule has 1 aromatic rings. The highest BCUT2D eigenvalue weighted by Crippen LogP contribution is 2.56. The van der Waals surface area contributed by atoms with E-state index in [0.29, 0.717) is 5.41 Å². The molecule has 0 amide bonds. The zero-order valence-electron chi connectivity index (χ0n) is 7.14. The molecule has 0 bridgehead atoms. The van der Waals surface area contributed by atoms with E-state index < -0.39 is 0 Å². The average Bonchev–Trinajstić information content (AvgIpc) is 2.71. The normalized spacial score (nSPS) is 20.4. The van der Waals surface area contributed by atoms with E-state index in [-0.39, 0.29) is 12.4 Å². The number of nitrogens with one attached hydrogen (secondary N) is 1. The molecule has 1 N–H and O–H groups in total. The van der Waals surface area contributed by atoms with Gasteiger partial charge >= 0.3 is 0 Å². The van der Waals surface area contributed by atoms with Crippen molar-refractivity contribution < 1.29 is 0 Å². The number of halogens is 2. The Morgan fingerprint density at radius 2 is 2.08 bits per heavy atom. The van der Waals surface area contributed by atoms with Crippen LogP contribution in [0.1, 0.15) is 18.4 Å². The first kappa shape index (κ1) is 9.35. The quantitative estimate of drug-likeness (QED) is 0.754. The standard InChI is InChI=1S/C10H10BrN.ClH/c11-7-2-1-3-8-9(7)10(4-5-10)6-12-8;/h1-3,12H,4-6H2;1H. The van der Waals surface area contributed by atoms with Gasteiger partial charge in [0.1, 0.15) is 0 Å². The van der Waals surface area contributed by atoms with Gasteiger partial charge in [0.2, 0.25) is 0 Å². The zero-order chi connectivity index (χ0) is 8.18. The summed E-state index contributed by atoms with van der Waals surface area (Å²) in [7, 11) is 0. The first-order chi connectivity index (χ1) is 5.82. The summed E-state index contributed by atoms with van der Waals surface area (Å²) in [6.45, 7) is 1.14. The van der Waals surface area contributed by atoms with Crippen LogP contribution < -0.4 is 5.32 Å². The molecular weight excluding hydrogens is 249 g/mol. The van der Waals surface area contributed by atoms with E-state index in [1.54, 1.807) is 0 Å². The lowest BCUT2D eigenvalue weighted by molar-refractivity contribution is 0.774. The van der Waals surface area contributed by atoms with Gasteiger partial charge < -0.3 is 5.32 Å². The van der Waals surface area contributed by atoms with E-state index in [2.05, 4.69) is 39.4 Å². The molecule has 0 aromatic heterocycles. The zero-order valence-corrected chi connectivity index (χ0v) is 9.54. The third-order valence-corrected chi connectivity index (χ3v) is 3.68. The Morgan fingerprint density at radius 1 is 1.31 bits per heavy atom. The fourth-order valence-corrected chi connectivity index (χ4v) is 2.93. The molecule has 3 heteroatoms. The van der Waals surface area contributed by atoms with Crippen LogP contribution in [0.25, 0.3) is 0 Å². The van der Waals surface area contributed by atoms with Crippen molar-refractivity contribution in [1.82, 2.24) is 0 Å². The first-order valence-corrected chi connectivity index (χ1v) is 5.14. The van der Waals surface area contributed by atoms with E-state index in [9.17, 15) is 0 Å².